The lowest BCUT2D eigenvalue weighted by atomic mass is 10.2. The maximum absolute atomic E-state index is 13.9. The third-order valence-corrected chi connectivity index (χ3v) is 4.53. The second kappa shape index (κ2) is 6.80. The first-order valence-corrected chi connectivity index (χ1v) is 8.52. The van der Waals surface area contributed by atoms with E-state index in [9.17, 15) is 8.78 Å². The van der Waals surface area contributed by atoms with Gasteiger partial charge in [-0.1, -0.05) is 6.07 Å². The van der Waals surface area contributed by atoms with Gasteiger partial charge in [-0.3, -0.25) is 0 Å². The molecule has 1 fully saturated rings. The molecule has 0 radical (unpaired) electrons. The van der Waals surface area contributed by atoms with E-state index in [1.54, 1.807) is 6.07 Å². The molecule has 130 valence electrons. The van der Waals surface area contributed by atoms with Crippen molar-refractivity contribution in [3.63, 3.8) is 0 Å². The average molecular weight is 343 g/mol. The lowest BCUT2D eigenvalue weighted by Gasteiger charge is -2.15. The Hall–Kier alpha value is -2.47. The Labute approximate surface area is 144 Å². The molecule has 0 bridgehead atoms. The lowest BCUT2D eigenvalue weighted by Crippen LogP contribution is -2.25. The number of hydrogen-bond donors (Lipinski definition) is 1. The Bertz CT molecular complexity index is 888. The molecule has 1 aliphatic rings. The molecule has 6 heteroatoms. The van der Waals surface area contributed by atoms with Crippen molar-refractivity contribution in [1.82, 2.24) is 9.88 Å². The highest BCUT2D eigenvalue weighted by molar-refractivity contribution is 5.80. The summed E-state index contributed by atoms with van der Waals surface area (Å²) in [5.41, 5.74) is 2.12. The molecule has 0 saturated carbocycles. The summed E-state index contributed by atoms with van der Waals surface area (Å²) in [5.74, 6) is -1.77. The molecule has 3 aromatic rings. The summed E-state index contributed by atoms with van der Waals surface area (Å²) >= 11 is 0. The third kappa shape index (κ3) is 3.35. The summed E-state index contributed by atoms with van der Waals surface area (Å²) in [5, 5.41) is 3.38. The highest BCUT2D eigenvalue weighted by atomic mass is 19.2. The molecule has 0 unspecified atom stereocenters. The summed E-state index contributed by atoms with van der Waals surface area (Å²) in [6, 6.07) is 9.53. The van der Waals surface area contributed by atoms with Gasteiger partial charge in [0.1, 0.15) is 5.52 Å². The maximum Gasteiger partial charge on any atom is 0.230 e. The molecule has 1 N–H and O–H groups in total. The van der Waals surface area contributed by atoms with Crippen molar-refractivity contribution >= 4 is 16.8 Å². The molecule has 0 atom stereocenters. The van der Waals surface area contributed by atoms with Crippen molar-refractivity contribution < 1.29 is 13.2 Å². The Kier molecular flexibility index (Phi) is 4.36. The Morgan fingerprint density at radius 1 is 1.12 bits per heavy atom. The molecule has 1 saturated heterocycles. The molecule has 4 rings (SSSR count). The van der Waals surface area contributed by atoms with Crippen LogP contribution in [0.25, 0.3) is 22.6 Å². The van der Waals surface area contributed by atoms with Gasteiger partial charge in [-0.15, -0.1) is 0 Å². The molecule has 0 spiro atoms. The third-order valence-electron chi connectivity index (χ3n) is 4.53. The molecular formula is C19H19F2N3O. The van der Waals surface area contributed by atoms with Gasteiger partial charge in [0, 0.05) is 18.8 Å². The van der Waals surface area contributed by atoms with Crippen molar-refractivity contribution in [3.05, 3.63) is 48.0 Å². The van der Waals surface area contributed by atoms with Gasteiger partial charge in [-0.05, 0) is 56.3 Å². The van der Waals surface area contributed by atoms with Crippen molar-refractivity contribution in [2.24, 2.45) is 0 Å². The number of likely N-dealkylation sites (tertiary alicyclic amines) is 1. The average Bonchev–Trinajstić information content (AvgIpc) is 3.26. The van der Waals surface area contributed by atoms with Crippen LogP contribution in [0.1, 0.15) is 12.8 Å². The second-order valence-electron chi connectivity index (χ2n) is 6.28. The first kappa shape index (κ1) is 16.0. The number of nitrogens with one attached hydrogen (secondary N) is 1. The van der Waals surface area contributed by atoms with Gasteiger partial charge in [0.2, 0.25) is 5.89 Å². The monoisotopic (exact) mass is 343 g/mol. The maximum atomic E-state index is 13.9. The number of oxazole rings is 1. The van der Waals surface area contributed by atoms with Gasteiger partial charge in [-0.25, -0.2) is 13.8 Å². The van der Waals surface area contributed by atoms with E-state index >= 15 is 0 Å². The number of hydrogen-bond acceptors (Lipinski definition) is 4. The van der Waals surface area contributed by atoms with E-state index in [0.717, 1.165) is 24.8 Å². The van der Waals surface area contributed by atoms with Crippen LogP contribution < -0.4 is 5.32 Å². The van der Waals surface area contributed by atoms with Crippen molar-refractivity contribution in [2.75, 3.05) is 31.5 Å². The first-order valence-electron chi connectivity index (χ1n) is 8.52. The Morgan fingerprint density at radius 2 is 1.96 bits per heavy atom. The number of anilines is 1. The zero-order valence-electron chi connectivity index (χ0n) is 13.8. The van der Waals surface area contributed by atoms with E-state index in [1.165, 1.54) is 38.1 Å². The van der Waals surface area contributed by atoms with Crippen molar-refractivity contribution in [2.45, 2.75) is 12.8 Å². The van der Waals surface area contributed by atoms with E-state index < -0.39 is 11.6 Å². The summed E-state index contributed by atoms with van der Waals surface area (Å²) in [4.78, 5) is 6.74. The highest BCUT2D eigenvalue weighted by Crippen LogP contribution is 2.28. The summed E-state index contributed by atoms with van der Waals surface area (Å²) in [7, 11) is 0. The number of nitrogens with zero attached hydrogens (tertiary/aromatic N) is 2. The van der Waals surface area contributed by atoms with Gasteiger partial charge < -0.3 is 14.6 Å². The molecular weight excluding hydrogens is 324 g/mol. The minimum atomic E-state index is -0.946. The summed E-state index contributed by atoms with van der Waals surface area (Å²) in [6.45, 7) is 4.21. The number of rotatable bonds is 5. The molecule has 25 heavy (non-hydrogen) atoms. The Morgan fingerprint density at radius 3 is 2.80 bits per heavy atom. The molecule has 1 aromatic heterocycles. The standard InChI is InChI=1S/C19H19F2N3O/c20-15-5-3-4-14(18(15)21)19-23-16-12-13(6-7-17(16)25-19)22-8-11-24-9-1-2-10-24/h3-7,12,22H,1-2,8-11H2. The minimum Gasteiger partial charge on any atom is -0.436 e. The minimum absolute atomic E-state index is 0.0275. The van der Waals surface area contributed by atoms with Gasteiger partial charge in [0.05, 0.1) is 5.56 Å². The predicted molar refractivity (Wildman–Crippen MR) is 93.5 cm³/mol. The van der Waals surface area contributed by atoms with Gasteiger partial charge >= 0.3 is 0 Å². The number of fused-ring (bicyclic) bond motifs is 1. The van der Waals surface area contributed by atoms with Crippen LogP contribution >= 0.6 is 0 Å². The fourth-order valence-electron chi connectivity index (χ4n) is 3.19. The zero-order valence-corrected chi connectivity index (χ0v) is 13.8. The number of aromatic nitrogens is 1. The summed E-state index contributed by atoms with van der Waals surface area (Å²) < 4.78 is 32.9. The number of benzene rings is 2. The molecule has 0 amide bonds. The molecule has 2 heterocycles. The van der Waals surface area contributed by atoms with E-state index in [0.29, 0.717) is 11.1 Å². The van der Waals surface area contributed by atoms with Gasteiger partial charge in [-0.2, -0.15) is 0 Å². The van der Waals surface area contributed by atoms with E-state index in [4.69, 9.17) is 4.42 Å². The van der Waals surface area contributed by atoms with Crippen molar-refractivity contribution in [3.8, 4) is 11.5 Å². The largest absolute Gasteiger partial charge is 0.436 e. The first-order chi connectivity index (χ1) is 12.2. The normalized spacial score (nSPS) is 15.1. The van der Waals surface area contributed by atoms with Crippen molar-refractivity contribution in [1.29, 1.82) is 0 Å². The quantitative estimate of drug-likeness (QED) is 0.751. The van der Waals surface area contributed by atoms with Crippen LogP contribution in [0, 0.1) is 11.6 Å². The highest BCUT2D eigenvalue weighted by Gasteiger charge is 2.16. The SMILES string of the molecule is Fc1cccc(-c2nc3cc(NCCN4CCCC4)ccc3o2)c1F. The molecule has 4 nitrogen and oxygen atoms in total. The Balaban J connectivity index is 1.52. The predicted octanol–water partition coefficient (Wildman–Crippen LogP) is 4.28. The molecule has 0 aliphatic carbocycles. The van der Waals surface area contributed by atoms with E-state index in [1.807, 2.05) is 12.1 Å². The van der Waals surface area contributed by atoms with Crippen LogP contribution in [0.5, 0.6) is 0 Å². The lowest BCUT2D eigenvalue weighted by molar-refractivity contribution is 0.352. The number of halogens is 2. The van der Waals surface area contributed by atoms with Gasteiger partial charge in [0.25, 0.3) is 0 Å². The fourth-order valence-corrected chi connectivity index (χ4v) is 3.19. The van der Waals surface area contributed by atoms with Crippen LogP contribution in [-0.4, -0.2) is 36.1 Å². The van der Waals surface area contributed by atoms with Gasteiger partial charge in [0.15, 0.2) is 17.2 Å². The van der Waals surface area contributed by atoms with Crippen LogP contribution in [0.2, 0.25) is 0 Å². The van der Waals surface area contributed by atoms with Crippen LogP contribution in [0.15, 0.2) is 40.8 Å². The van der Waals surface area contributed by atoms with Crippen LogP contribution in [0.3, 0.4) is 0 Å². The second-order valence-corrected chi connectivity index (χ2v) is 6.28. The van der Waals surface area contributed by atoms with E-state index in [2.05, 4.69) is 15.2 Å². The van der Waals surface area contributed by atoms with Crippen LogP contribution in [-0.2, 0) is 0 Å². The fraction of sp³-hybridized carbons (Fsp3) is 0.316. The zero-order chi connectivity index (χ0) is 17.2. The van der Waals surface area contributed by atoms with E-state index in [-0.39, 0.29) is 11.5 Å². The topological polar surface area (TPSA) is 41.3 Å². The smallest absolute Gasteiger partial charge is 0.230 e. The summed E-state index contributed by atoms with van der Waals surface area (Å²) in [6.07, 6.45) is 2.56. The van der Waals surface area contributed by atoms with Crippen LogP contribution in [0.4, 0.5) is 14.5 Å². The molecule has 1 aliphatic heterocycles. The molecule has 2 aromatic carbocycles.